The van der Waals surface area contributed by atoms with E-state index in [1.54, 1.807) is 0 Å². The highest BCUT2D eigenvalue weighted by atomic mass is 16.5. The minimum Gasteiger partial charge on any atom is -0.490 e. The predicted molar refractivity (Wildman–Crippen MR) is 138 cm³/mol. The van der Waals surface area contributed by atoms with Crippen LogP contribution in [0.5, 0.6) is 5.75 Å². The van der Waals surface area contributed by atoms with E-state index in [4.69, 9.17) is 9.84 Å². The molecule has 5 heteroatoms. The highest BCUT2D eigenvalue weighted by Crippen LogP contribution is 2.25. The van der Waals surface area contributed by atoms with Crippen molar-refractivity contribution in [3.63, 3.8) is 0 Å². The summed E-state index contributed by atoms with van der Waals surface area (Å²) < 4.78 is 5.72. The van der Waals surface area contributed by atoms with Crippen molar-refractivity contribution in [2.75, 3.05) is 13.2 Å². The standard InChI is InChI=1S/C16H21NO2.C12H24O2/c1-12(2)17-10-14(18)11-19-16-9-5-7-13-6-3-4-8-15(13)16;1-2-3-4-5-6-7-8-9-10-11-12(13)14/h3-9,12,14,17-18H,10-11H2,1-2H3;2-11H2,1H3,(H,13,14). The van der Waals surface area contributed by atoms with Crippen LogP contribution in [0, 0.1) is 0 Å². The first kappa shape index (κ1) is 28.9. The van der Waals surface area contributed by atoms with E-state index in [9.17, 15) is 9.90 Å². The zero-order valence-corrected chi connectivity index (χ0v) is 20.9. The van der Waals surface area contributed by atoms with Gasteiger partial charge in [-0.1, -0.05) is 109 Å². The number of nitrogens with one attached hydrogen (secondary N) is 1. The van der Waals surface area contributed by atoms with Gasteiger partial charge in [-0.2, -0.15) is 0 Å². The number of ether oxygens (including phenoxy) is 1. The Kier molecular flexibility index (Phi) is 16.1. The average Bonchev–Trinajstić information content (AvgIpc) is 2.80. The van der Waals surface area contributed by atoms with Gasteiger partial charge in [0.2, 0.25) is 0 Å². The van der Waals surface area contributed by atoms with Gasteiger partial charge in [0.25, 0.3) is 0 Å². The molecular weight excluding hydrogens is 414 g/mol. The number of carboxylic acid groups (broad SMARTS) is 1. The molecule has 1 atom stereocenters. The van der Waals surface area contributed by atoms with Crippen LogP contribution in [0.4, 0.5) is 0 Å². The van der Waals surface area contributed by atoms with Gasteiger partial charge in [-0.25, -0.2) is 0 Å². The lowest BCUT2D eigenvalue weighted by molar-refractivity contribution is -0.137. The van der Waals surface area contributed by atoms with Gasteiger partial charge in [0, 0.05) is 24.4 Å². The van der Waals surface area contributed by atoms with Gasteiger partial charge < -0.3 is 20.3 Å². The van der Waals surface area contributed by atoms with Crippen LogP contribution in [0.3, 0.4) is 0 Å². The molecule has 0 heterocycles. The van der Waals surface area contributed by atoms with Crippen molar-refractivity contribution < 1.29 is 19.7 Å². The van der Waals surface area contributed by atoms with E-state index in [2.05, 4.69) is 38.2 Å². The Hall–Kier alpha value is -2.11. The van der Waals surface area contributed by atoms with Crippen LogP contribution in [0.2, 0.25) is 0 Å². The van der Waals surface area contributed by atoms with Crippen LogP contribution in [0.15, 0.2) is 42.5 Å². The number of aliphatic carboxylic acids is 1. The minimum atomic E-state index is -0.659. The van der Waals surface area contributed by atoms with Gasteiger partial charge in [0.15, 0.2) is 0 Å². The largest absolute Gasteiger partial charge is 0.490 e. The second kappa shape index (κ2) is 18.3. The van der Waals surface area contributed by atoms with Crippen molar-refractivity contribution in [3.8, 4) is 5.75 Å². The number of rotatable bonds is 16. The Morgan fingerprint density at radius 2 is 1.52 bits per heavy atom. The zero-order valence-electron chi connectivity index (χ0n) is 20.9. The highest BCUT2D eigenvalue weighted by molar-refractivity contribution is 5.88. The van der Waals surface area contributed by atoms with Crippen LogP contribution in [0.25, 0.3) is 10.8 Å². The van der Waals surface area contributed by atoms with E-state index >= 15 is 0 Å². The highest BCUT2D eigenvalue weighted by Gasteiger charge is 2.07. The lowest BCUT2D eigenvalue weighted by Crippen LogP contribution is -2.35. The summed E-state index contributed by atoms with van der Waals surface area (Å²) in [5, 5.41) is 23.7. The van der Waals surface area contributed by atoms with Crippen molar-refractivity contribution in [2.45, 2.75) is 97.1 Å². The molecule has 33 heavy (non-hydrogen) atoms. The molecule has 0 aliphatic rings. The molecule has 0 bridgehead atoms. The van der Waals surface area contributed by atoms with E-state index in [0.717, 1.165) is 29.4 Å². The fourth-order valence-electron chi connectivity index (χ4n) is 3.53. The maximum atomic E-state index is 10.2. The van der Waals surface area contributed by atoms with Crippen molar-refractivity contribution in [1.29, 1.82) is 0 Å². The normalized spacial score (nSPS) is 11.8. The van der Waals surface area contributed by atoms with Crippen molar-refractivity contribution >= 4 is 16.7 Å². The third-order valence-corrected chi connectivity index (χ3v) is 5.44. The summed E-state index contributed by atoms with van der Waals surface area (Å²) in [7, 11) is 0. The molecule has 1 unspecified atom stereocenters. The van der Waals surface area contributed by atoms with Gasteiger partial charge in [0.1, 0.15) is 18.5 Å². The summed E-state index contributed by atoms with van der Waals surface area (Å²) >= 11 is 0. The number of benzene rings is 2. The van der Waals surface area contributed by atoms with Gasteiger partial charge in [-0.05, 0) is 17.9 Å². The Bertz CT molecular complexity index is 757. The average molecular weight is 460 g/mol. The molecule has 0 radical (unpaired) electrons. The maximum absolute atomic E-state index is 10.2. The molecule has 0 aliphatic carbocycles. The lowest BCUT2D eigenvalue weighted by Gasteiger charge is -2.15. The summed E-state index contributed by atoms with van der Waals surface area (Å²) in [6.07, 6.45) is 11.0. The van der Waals surface area contributed by atoms with Crippen LogP contribution in [-0.2, 0) is 4.79 Å². The molecule has 0 saturated heterocycles. The second-order valence-corrected chi connectivity index (χ2v) is 8.98. The number of hydrogen-bond donors (Lipinski definition) is 3. The Morgan fingerprint density at radius 3 is 2.15 bits per heavy atom. The molecule has 3 N–H and O–H groups in total. The summed E-state index contributed by atoms with van der Waals surface area (Å²) in [6.45, 7) is 7.18. The number of aliphatic hydroxyl groups is 1. The summed E-state index contributed by atoms with van der Waals surface area (Å²) in [4.78, 5) is 10.2. The van der Waals surface area contributed by atoms with Crippen LogP contribution in [-0.4, -0.2) is 41.5 Å². The van der Waals surface area contributed by atoms with Gasteiger partial charge in [0.05, 0.1) is 0 Å². The number of fused-ring (bicyclic) bond motifs is 1. The van der Waals surface area contributed by atoms with E-state index in [1.807, 2.05) is 30.3 Å². The number of hydrogen-bond acceptors (Lipinski definition) is 4. The monoisotopic (exact) mass is 459 g/mol. The van der Waals surface area contributed by atoms with Gasteiger partial charge in [-0.3, -0.25) is 4.79 Å². The minimum absolute atomic E-state index is 0.299. The third kappa shape index (κ3) is 14.6. The smallest absolute Gasteiger partial charge is 0.303 e. The molecule has 0 saturated carbocycles. The van der Waals surface area contributed by atoms with Crippen molar-refractivity contribution in [1.82, 2.24) is 5.32 Å². The van der Waals surface area contributed by atoms with Gasteiger partial charge in [-0.15, -0.1) is 0 Å². The molecule has 186 valence electrons. The first-order valence-electron chi connectivity index (χ1n) is 12.7. The number of unbranched alkanes of at least 4 members (excludes halogenated alkanes) is 8. The fourth-order valence-corrected chi connectivity index (χ4v) is 3.53. The molecule has 2 aromatic carbocycles. The number of aliphatic hydroxyl groups excluding tert-OH is 1. The summed E-state index contributed by atoms with van der Waals surface area (Å²) in [5.41, 5.74) is 0. The molecule has 0 spiro atoms. The maximum Gasteiger partial charge on any atom is 0.303 e. The number of carboxylic acids is 1. The van der Waals surface area contributed by atoms with Crippen molar-refractivity contribution in [2.24, 2.45) is 0 Å². The molecule has 2 aromatic rings. The Morgan fingerprint density at radius 1 is 0.909 bits per heavy atom. The number of carbonyl (C=O) groups is 1. The molecule has 0 amide bonds. The van der Waals surface area contributed by atoms with E-state index in [-0.39, 0.29) is 0 Å². The first-order valence-corrected chi connectivity index (χ1v) is 12.7. The van der Waals surface area contributed by atoms with Gasteiger partial charge >= 0.3 is 5.97 Å². The summed E-state index contributed by atoms with van der Waals surface area (Å²) in [5.74, 6) is 0.162. The Balaban J connectivity index is 0.000000349. The topological polar surface area (TPSA) is 78.8 Å². The second-order valence-electron chi connectivity index (χ2n) is 8.98. The Labute approximate surface area is 200 Å². The zero-order chi connectivity index (χ0) is 24.3. The third-order valence-electron chi connectivity index (χ3n) is 5.44. The molecule has 0 aliphatic heterocycles. The molecular formula is C28H45NO4. The quantitative estimate of drug-likeness (QED) is 0.247. The molecule has 5 nitrogen and oxygen atoms in total. The lowest BCUT2D eigenvalue weighted by atomic mass is 10.1. The van der Waals surface area contributed by atoms with Crippen molar-refractivity contribution in [3.05, 3.63) is 42.5 Å². The van der Waals surface area contributed by atoms with Crippen LogP contribution >= 0.6 is 0 Å². The van der Waals surface area contributed by atoms with E-state index in [1.165, 1.54) is 44.9 Å². The van der Waals surface area contributed by atoms with E-state index in [0.29, 0.717) is 25.6 Å². The fraction of sp³-hybridized carbons (Fsp3) is 0.607. The van der Waals surface area contributed by atoms with Crippen LogP contribution in [0.1, 0.15) is 85.0 Å². The first-order chi connectivity index (χ1) is 15.9. The SMILES string of the molecule is CC(C)NCC(O)COc1cccc2ccccc12.CCCCCCCCCCCC(=O)O. The van der Waals surface area contributed by atoms with Crippen LogP contribution < -0.4 is 10.1 Å². The predicted octanol–water partition coefficient (Wildman–Crippen LogP) is 6.57. The molecule has 0 aromatic heterocycles. The molecule has 0 fully saturated rings. The van der Waals surface area contributed by atoms with E-state index < -0.39 is 12.1 Å². The summed E-state index contributed by atoms with van der Waals surface area (Å²) in [6, 6.07) is 14.4. The molecule has 2 rings (SSSR count).